The number of ether oxygens (including phenoxy) is 1. The lowest BCUT2D eigenvalue weighted by atomic mass is 10.1. The van der Waals surface area contributed by atoms with Crippen molar-refractivity contribution >= 4 is 29.9 Å². The number of nitrogens with zero attached hydrogens (tertiary/aromatic N) is 3. The van der Waals surface area contributed by atoms with Crippen LogP contribution in [0.3, 0.4) is 0 Å². The van der Waals surface area contributed by atoms with E-state index in [0.717, 1.165) is 37.6 Å². The molecule has 0 aliphatic carbocycles. The molecule has 1 atom stereocenters. The van der Waals surface area contributed by atoms with E-state index in [0.29, 0.717) is 19.5 Å². The maximum atomic E-state index is 12.5. The minimum atomic E-state index is -4.14. The fourth-order valence-electron chi connectivity index (χ4n) is 3.70. The second kappa shape index (κ2) is 10.5. The van der Waals surface area contributed by atoms with Gasteiger partial charge in [-0.15, -0.1) is 24.0 Å². The molecule has 28 heavy (non-hydrogen) atoms. The number of benzene rings is 1. The number of alkyl halides is 3. The summed E-state index contributed by atoms with van der Waals surface area (Å²) in [5.41, 5.74) is 0. The molecular weight excluding hydrogens is 484 g/mol. The minimum absolute atomic E-state index is 0. The fourth-order valence-corrected chi connectivity index (χ4v) is 3.70. The molecule has 0 spiro atoms. The SMILES string of the molecule is CN=C(NC1CCN(CC(F)(F)F)C1)N1CCC(Oc2ccccc2)CC1.I. The van der Waals surface area contributed by atoms with E-state index in [4.69, 9.17) is 4.74 Å². The summed E-state index contributed by atoms with van der Waals surface area (Å²) in [5.74, 6) is 1.65. The summed E-state index contributed by atoms with van der Waals surface area (Å²) in [5, 5.41) is 3.34. The highest BCUT2D eigenvalue weighted by Crippen LogP contribution is 2.21. The zero-order chi connectivity index (χ0) is 19.3. The topological polar surface area (TPSA) is 40.1 Å². The van der Waals surface area contributed by atoms with Gasteiger partial charge in [-0.2, -0.15) is 13.2 Å². The number of likely N-dealkylation sites (tertiary alicyclic amines) is 2. The number of hydrogen-bond donors (Lipinski definition) is 1. The molecule has 2 fully saturated rings. The Labute approximate surface area is 181 Å². The number of nitrogens with one attached hydrogen (secondary N) is 1. The van der Waals surface area contributed by atoms with Crippen LogP contribution in [0.5, 0.6) is 5.75 Å². The van der Waals surface area contributed by atoms with Crippen molar-refractivity contribution in [2.45, 2.75) is 37.6 Å². The van der Waals surface area contributed by atoms with Gasteiger partial charge in [-0.25, -0.2) is 0 Å². The Morgan fingerprint density at radius 1 is 1.14 bits per heavy atom. The summed E-state index contributed by atoms with van der Waals surface area (Å²) >= 11 is 0. The largest absolute Gasteiger partial charge is 0.490 e. The van der Waals surface area contributed by atoms with Crippen LogP contribution in [0.4, 0.5) is 13.2 Å². The van der Waals surface area contributed by atoms with Crippen LogP contribution in [-0.2, 0) is 0 Å². The zero-order valence-corrected chi connectivity index (χ0v) is 18.3. The molecule has 2 aliphatic heterocycles. The van der Waals surface area contributed by atoms with E-state index in [2.05, 4.69) is 15.2 Å². The maximum Gasteiger partial charge on any atom is 0.401 e. The first-order valence-electron chi connectivity index (χ1n) is 9.42. The third-order valence-electron chi connectivity index (χ3n) is 5.01. The van der Waals surface area contributed by atoms with Crippen LogP contribution < -0.4 is 10.1 Å². The Hall–Kier alpha value is -1.23. The first kappa shape index (κ1) is 23.1. The van der Waals surface area contributed by atoms with E-state index in [-0.39, 0.29) is 36.1 Å². The first-order chi connectivity index (χ1) is 12.9. The maximum absolute atomic E-state index is 12.5. The standard InChI is InChI=1S/C19H27F3N4O.HI/c1-23-18(24-15-7-10-25(13-15)14-19(20,21)22)26-11-8-17(9-12-26)27-16-5-3-2-4-6-16;/h2-6,15,17H,7-14H2,1H3,(H,23,24);1H. The number of hydrogen-bond acceptors (Lipinski definition) is 3. The van der Waals surface area contributed by atoms with E-state index < -0.39 is 12.7 Å². The van der Waals surface area contributed by atoms with Gasteiger partial charge >= 0.3 is 6.18 Å². The number of halogens is 4. The number of aliphatic imine (C=N–C) groups is 1. The highest BCUT2D eigenvalue weighted by molar-refractivity contribution is 14.0. The number of guanidine groups is 1. The molecule has 1 unspecified atom stereocenters. The van der Waals surface area contributed by atoms with Crippen molar-refractivity contribution in [2.75, 3.05) is 39.8 Å². The van der Waals surface area contributed by atoms with E-state index in [1.165, 1.54) is 4.90 Å². The molecule has 2 saturated heterocycles. The van der Waals surface area contributed by atoms with Crippen LogP contribution in [0.2, 0.25) is 0 Å². The van der Waals surface area contributed by atoms with Crippen molar-refractivity contribution in [3.63, 3.8) is 0 Å². The number of rotatable bonds is 4. The molecule has 0 bridgehead atoms. The molecule has 9 heteroatoms. The Balaban J connectivity index is 0.00000280. The highest BCUT2D eigenvalue weighted by atomic mass is 127. The third-order valence-corrected chi connectivity index (χ3v) is 5.01. The average Bonchev–Trinajstić information content (AvgIpc) is 3.06. The lowest BCUT2D eigenvalue weighted by Gasteiger charge is -2.35. The van der Waals surface area contributed by atoms with Gasteiger partial charge in [-0.1, -0.05) is 18.2 Å². The van der Waals surface area contributed by atoms with E-state index >= 15 is 0 Å². The second-order valence-corrected chi connectivity index (χ2v) is 7.14. The van der Waals surface area contributed by atoms with E-state index in [1.807, 2.05) is 30.3 Å². The second-order valence-electron chi connectivity index (χ2n) is 7.14. The van der Waals surface area contributed by atoms with Crippen molar-refractivity contribution in [2.24, 2.45) is 4.99 Å². The lowest BCUT2D eigenvalue weighted by molar-refractivity contribution is -0.143. The molecule has 0 amide bonds. The van der Waals surface area contributed by atoms with Gasteiger partial charge in [0.1, 0.15) is 11.9 Å². The molecule has 5 nitrogen and oxygen atoms in total. The highest BCUT2D eigenvalue weighted by Gasteiger charge is 2.35. The summed E-state index contributed by atoms with van der Waals surface area (Å²) in [7, 11) is 1.72. The molecule has 1 aromatic carbocycles. The van der Waals surface area contributed by atoms with E-state index in [1.54, 1.807) is 7.05 Å². The molecule has 1 N–H and O–H groups in total. The molecule has 158 valence electrons. The number of piperidine rings is 1. The predicted molar refractivity (Wildman–Crippen MR) is 114 cm³/mol. The van der Waals surface area contributed by atoms with Gasteiger partial charge in [-0.3, -0.25) is 9.89 Å². The molecular formula is C19H28F3IN4O. The quantitative estimate of drug-likeness (QED) is 0.382. The molecule has 0 aromatic heterocycles. The van der Waals surface area contributed by atoms with Gasteiger partial charge in [0, 0.05) is 52.1 Å². The van der Waals surface area contributed by atoms with E-state index in [9.17, 15) is 13.2 Å². The van der Waals surface area contributed by atoms with Crippen LogP contribution in [0.15, 0.2) is 35.3 Å². The fraction of sp³-hybridized carbons (Fsp3) is 0.632. The van der Waals surface area contributed by atoms with Crippen molar-refractivity contribution in [1.82, 2.24) is 15.1 Å². The summed E-state index contributed by atoms with van der Waals surface area (Å²) in [6, 6.07) is 9.80. The summed E-state index contributed by atoms with van der Waals surface area (Å²) in [6.45, 7) is 1.64. The normalized spacial score (nSPS) is 22.1. The van der Waals surface area contributed by atoms with Crippen molar-refractivity contribution in [1.29, 1.82) is 0 Å². The van der Waals surface area contributed by atoms with Crippen LogP contribution in [0, 0.1) is 0 Å². The van der Waals surface area contributed by atoms with Crippen molar-refractivity contribution < 1.29 is 17.9 Å². The smallest absolute Gasteiger partial charge is 0.401 e. The Morgan fingerprint density at radius 2 is 1.82 bits per heavy atom. The molecule has 2 heterocycles. The monoisotopic (exact) mass is 512 g/mol. The van der Waals surface area contributed by atoms with Crippen LogP contribution in [0.1, 0.15) is 19.3 Å². The first-order valence-corrected chi connectivity index (χ1v) is 9.42. The van der Waals surface area contributed by atoms with Gasteiger partial charge in [-0.05, 0) is 18.6 Å². The molecule has 1 aromatic rings. The van der Waals surface area contributed by atoms with Crippen LogP contribution >= 0.6 is 24.0 Å². The van der Waals surface area contributed by atoms with Gasteiger partial charge < -0.3 is 15.0 Å². The molecule has 3 rings (SSSR count). The Bertz CT molecular complexity index is 621. The third kappa shape index (κ3) is 6.98. The van der Waals surface area contributed by atoms with Crippen molar-refractivity contribution in [3.05, 3.63) is 30.3 Å². The van der Waals surface area contributed by atoms with Gasteiger partial charge in [0.2, 0.25) is 0 Å². The zero-order valence-electron chi connectivity index (χ0n) is 16.0. The van der Waals surface area contributed by atoms with Crippen LogP contribution in [-0.4, -0.2) is 73.9 Å². The summed E-state index contributed by atoms with van der Waals surface area (Å²) in [6.07, 6.45) is -1.49. The van der Waals surface area contributed by atoms with Crippen LogP contribution in [0.25, 0.3) is 0 Å². The number of para-hydroxylation sites is 1. The van der Waals surface area contributed by atoms with Gasteiger partial charge in [0.25, 0.3) is 0 Å². The Kier molecular flexibility index (Phi) is 8.66. The molecule has 0 saturated carbocycles. The Morgan fingerprint density at radius 3 is 2.43 bits per heavy atom. The summed E-state index contributed by atoms with van der Waals surface area (Å²) < 4.78 is 43.6. The van der Waals surface area contributed by atoms with Gasteiger partial charge in [0.15, 0.2) is 5.96 Å². The van der Waals surface area contributed by atoms with Crippen molar-refractivity contribution in [3.8, 4) is 5.75 Å². The van der Waals surface area contributed by atoms with Gasteiger partial charge in [0.05, 0.1) is 6.54 Å². The average molecular weight is 512 g/mol. The minimum Gasteiger partial charge on any atom is -0.490 e. The lowest BCUT2D eigenvalue weighted by Crippen LogP contribution is -2.51. The molecule has 0 radical (unpaired) electrons. The summed E-state index contributed by atoms with van der Waals surface area (Å²) in [4.78, 5) is 7.95. The predicted octanol–water partition coefficient (Wildman–Crippen LogP) is 3.36. The molecule has 2 aliphatic rings.